The maximum Gasteiger partial charge on any atom is 0.263 e. The minimum absolute atomic E-state index is 0.0804. The molecule has 5 nitrogen and oxygen atoms in total. The number of rotatable bonds is 7. The molecule has 1 fully saturated rings. The molecule has 0 radical (unpaired) electrons. The van der Waals surface area contributed by atoms with Crippen LogP contribution in [0.3, 0.4) is 0 Å². The molecule has 0 atom stereocenters. The maximum atomic E-state index is 12.5. The molecule has 0 spiro atoms. The van der Waals surface area contributed by atoms with Gasteiger partial charge in [-0.2, -0.15) is 0 Å². The van der Waals surface area contributed by atoms with E-state index in [2.05, 4.69) is 29.3 Å². The van der Waals surface area contributed by atoms with Crippen LogP contribution in [0.1, 0.15) is 86.5 Å². The van der Waals surface area contributed by atoms with Crippen LogP contribution in [0.2, 0.25) is 0 Å². The second-order valence-corrected chi connectivity index (χ2v) is 9.75. The van der Waals surface area contributed by atoms with Gasteiger partial charge in [-0.15, -0.1) is 11.3 Å². The molecule has 208 valence electrons. The van der Waals surface area contributed by atoms with Gasteiger partial charge in [0.25, 0.3) is 5.91 Å². The lowest BCUT2D eigenvalue weighted by atomic mass is 9.89. The van der Waals surface area contributed by atoms with Gasteiger partial charge in [-0.3, -0.25) is 9.79 Å². The fourth-order valence-electron chi connectivity index (χ4n) is 4.32. The molecule has 4 rings (SSSR count). The number of hydrogen-bond acceptors (Lipinski definition) is 3. The highest BCUT2D eigenvalue weighted by Crippen LogP contribution is 2.26. The SMILES string of the molecule is CC.CC.CN(CC(c1ccccc1)c1ccccc1)C(=O)c1cccs1.NC(N)=NCC1CCCCC1. The van der Waals surface area contributed by atoms with Gasteiger partial charge in [-0.1, -0.05) is 114 Å². The molecule has 2 aromatic carbocycles. The molecule has 0 aliphatic heterocycles. The van der Waals surface area contributed by atoms with Gasteiger partial charge in [0.2, 0.25) is 0 Å². The molecule has 0 saturated heterocycles. The lowest BCUT2D eigenvalue weighted by molar-refractivity contribution is 0.0795. The summed E-state index contributed by atoms with van der Waals surface area (Å²) in [5, 5.41) is 1.94. The van der Waals surface area contributed by atoms with E-state index >= 15 is 0 Å². The summed E-state index contributed by atoms with van der Waals surface area (Å²) in [6.07, 6.45) is 6.70. The lowest BCUT2D eigenvalue weighted by Gasteiger charge is -2.25. The van der Waals surface area contributed by atoms with E-state index in [-0.39, 0.29) is 17.8 Å². The Kier molecular flexibility index (Phi) is 17.3. The van der Waals surface area contributed by atoms with E-state index in [0.717, 1.165) is 17.3 Å². The first kappa shape index (κ1) is 32.9. The quantitative estimate of drug-likeness (QED) is 0.241. The van der Waals surface area contributed by atoms with Gasteiger partial charge in [0.15, 0.2) is 5.96 Å². The first-order chi connectivity index (χ1) is 18.5. The van der Waals surface area contributed by atoms with E-state index in [4.69, 9.17) is 11.5 Å². The van der Waals surface area contributed by atoms with Crippen molar-refractivity contribution in [1.29, 1.82) is 0 Å². The summed E-state index contributed by atoms with van der Waals surface area (Å²) in [5.74, 6) is 1.23. The Bertz CT molecular complexity index is 957. The summed E-state index contributed by atoms with van der Waals surface area (Å²) in [4.78, 5) is 19.2. The number of amides is 1. The molecule has 0 bridgehead atoms. The Morgan fingerprint density at radius 1 is 0.868 bits per heavy atom. The number of likely N-dealkylation sites (N-methyl/N-ethyl adjacent to an activating group) is 1. The molecule has 1 aromatic heterocycles. The highest BCUT2D eigenvalue weighted by molar-refractivity contribution is 7.12. The predicted octanol–water partition coefficient (Wildman–Crippen LogP) is 7.54. The first-order valence-electron chi connectivity index (χ1n) is 14.0. The standard InChI is InChI=1S/C20H19NOS.C8H17N3.2C2H6/c1-21(20(22)19-13-8-14-23-19)15-18(16-9-4-2-5-10-16)17-11-6-3-7-12-17;9-8(10)11-6-7-4-2-1-3-5-7;2*1-2/h2-14,18H,15H2,1H3;7H,1-6H2,(H4,9,10,11);2*1-2H3. The second-order valence-electron chi connectivity index (χ2n) is 8.81. The van der Waals surface area contributed by atoms with Crippen LogP contribution < -0.4 is 11.5 Å². The van der Waals surface area contributed by atoms with E-state index in [1.165, 1.54) is 54.6 Å². The molecule has 4 N–H and O–H groups in total. The third-order valence-electron chi connectivity index (χ3n) is 6.20. The highest BCUT2D eigenvalue weighted by Gasteiger charge is 2.20. The van der Waals surface area contributed by atoms with Crippen LogP contribution >= 0.6 is 11.3 Å². The van der Waals surface area contributed by atoms with Gasteiger partial charge in [-0.05, 0) is 41.3 Å². The van der Waals surface area contributed by atoms with Crippen molar-refractivity contribution < 1.29 is 4.79 Å². The predicted molar refractivity (Wildman–Crippen MR) is 166 cm³/mol. The summed E-state index contributed by atoms with van der Waals surface area (Å²) < 4.78 is 0. The number of guanidine groups is 1. The van der Waals surface area contributed by atoms with Crippen LogP contribution in [0.15, 0.2) is 83.2 Å². The van der Waals surface area contributed by atoms with E-state index in [1.807, 2.05) is 93.6 Å². The van der Waals surface area contributed by atoms with Crippen LogP contribution in [-0.2, 0) is 0 Å². The number of carbonyl (C=O) groups is 1. The van der Waals surface area contributed by atoms with E-state index < -0.39 is 0 Å². The van der Waals surface area contributed by atoms with Crippen molar-refractivity contribution in [3.63, 3.8) is 0 Å². The fourth-order valence-corrected chi connectivity index (χ4v) is 5.04. The Labute approximate surface area is 235 Å². The van der Waals surface area contributed by atoms with Gasteiger partial charge >= 0.3 is 0 Å². The average Bonchev–Trinajstić information content (AvgIpc) is 3.53. The molecule has 1 aliphatic rings. The molecular formula is C32H48N4OS. The molecule has 1 saturated carbocycles. The number of nitrogens with zero attached hydrogens (tertiary/aromatic N) is 2. The molecule has 6 heteroatoms. The van der Waals surface area contributed by atoms with Crippen LogP contribution in [0.4, 0.5) is 0 Å². The number of benzene rings is 2. The average molecular weight is 537 g/mol. The van der Waals surface area contributed by atoms with Crippen molar-refractivity contribution in [1.82, 2.24) is 4.90 Å². The van der Waals surface area contributed by atoms with E-state index in [9.17, 15) is 4.79 Å². The van der Waals surface area contributed by atoms with Crippen molar-refractivity contribution in [3.8, 4) is 0 Å². The van der Waals surface area contributed by atoms with Gasteiger partial charge in [0, 0.05) is 26.1 Å². The molecule has 1 amide bonds. The minimum atomic E-state index is 0.0804. The number of hydrogen-bond donors (Lipinski definition) is 2. The Morgan fingerprint density at radius 3 is 1.84 bits per heavy atom. The molecule has 3 aromatic rings. The van der Waals surface area contributed by atoms with E-state index in [1.54, 1.807) is 0 Å². The topological polar surface area (TPSA) is 84.7 Å². The van der Waals surface area contributed by atoms with Gasteiger partial charge in [0.05, 0.1) is 4.88 Å². The van der Waals surface area contributed by atoms with Crippen molar-refractivity contribution in [2.75, 3.05) is 20.1 Å². The van der Waals surface area contributed by atoms with Gasteiger partial charge < -0.3 is 16.4 Å². The molecule has 1 aliphatic carbocycles. The Morgan fingerprint density at radius 2 is 1.39 bits per heavy atom. The summed E-state index contributed by atoms with van der Waals surface area (Å²) in [6, 6.07) is 24.5. The lowest BCUT2D eigenvalue weighted by Crippen LogP contribution is -2.31. The summed E-state index contributed by atoms with van der Waals surface area (Å²) in [7, 11) is 1.88. The van der Waals surface area contributed by atoms with Crippen molar-refractivity contribution in [2.24, 2.45) is 22.4 Å². The van der Waals surface area contributed by atoms with Crippen LogP contribution in [0, 0.1) is 5.92 Å². The van der Waals surface area contributed by atoms with E-state index in [0.29, 0.717) is 6.54 Å². The number of thiophene rings is 1. The number of carbonyl (C=O) groups excluding carboxylic acids is 1. The zero-order valence-electron chi connectivity index (χ0n) is 24.0. The Hall–Kier alpha value is -3.12. The Balaban J connectivity index is 0.000000405. The van der Waals surface area contributed by atoms with Crippen LogP contribution in [0.25, 0.3) is 0 Å². The summed E-state index contributed by atoms with van der Waals surface area (Å²) in [5.41, 5.74) is 12.9. The van der Waals surface area contributed by atoms with Crippen LogP contribution in [-0.4, -0.2) is 36.9 Å². The summed E-state index contributed by atoms with van der Waals surface area (Å²) in [6.45, 7) is 9.49. The van der Waals surface area contributed by atoms with Gasteiger partial charge in [-0.25, -0.2) is 0 Å². The molecule has 0 unspecified atom stereocenters. The summed E-state index contributed by atoms with van der Waals surface area (Å²) >= 11 is 1.49. The van der Waals surface area contributed by atoms with Gasteiger partial charge in [0.1, 0.15) is 0 Å². The fraction of sp³-hybridized carbons (Fsp3) is 0.438. The van der Waals surface area contributed by atoms with Crippen molar-refractivity contribution in [2.45, 2.75) is 65.7 Å². The number of nitrogens with two attached hydrogens (primary N) is 2. The monoisotopic (exact) mass is 536 g/mol. The minimum Gasteiger partial charge on any atom is -0.370 e. The normalized spacial score (nSPS) is 12.5. The zero-order valence-corrected chi connectivity index (χ0v) is 24.8. The largest absolute Gasteiger partial charge is 0.370 e. The van der Waals surface area contributed by atoms with Crippen molar-refractivity contribution in [3.05, 3.63) is 94.2 Å². The third kappa shape index (κ3) is 12.0. The molecular weight excluding hydrogens is 488 g/mol. The first-order valence-corrected chi connectivity index (χ1v) is 14.9. The highest BCUT2D eigenvalue weighted by atomic mass is 32.1. The smallest absolute Gasteiger partial charge is 0.263 e. The molecule has 1 heterocycles. The second kappa shape index (κ2) is 19.9. The van der Waals surface area contributed by atoms with Crippen LogP contribution in [0.5, 0.6) is 0 Å². The third-order valence-corrected chi connectivity index (χ3v) is 7.05. The number of aliphatic imine (C=N–C) groups is 1. The zero-order chi connectivity index (χ0) is 28.2. The molecule has 38 heavy (non-hydrogen) atoms. The van der Waals surface area contributed by atoms with Crippen molar-refractivity contribution >= 4 is 23.2 Å². The maximum absolute atomic E-state index is 12.5.